The van der Waals surface area contributed by atoms with Crippen molar-refractivity contribution in [2.75, 3.05) is 39.9 Å². The molecule has 128 valence electrons. The first-order valence-electron chi connectivity index (χ1n) is 8.00. The summed E-state index contributed by atoms with van der Waals surface area (Å²) in [7, 11) is -1.84. The number of sulfonamides is 1. The highest BCUT2D eigenvalue weighted by Gasteiger charge is 2.39. The molecule has 3 heterocycles. The fraction of sp³-hybridized carbons (Fsp3) is 0.625. The molecule has 2 bridgehead atoms. The van der Waals surface area contributed by atoms with Gasteiger partial charge in [-0.05, 0) is 30.9 Å². The topological polar surface area (TPSA) is 49.9 Å². The van der Waals surface area contributed by atoms with Crippen LogP contribution in [0.15, 0.2) is 29.2 Å². The minimum atomic E-state index is -3.54. The van der Waals surface area contributed by atoms with Crippen LogP contribution >= 0.6 is 11.6 Å². The third-order valence-electron chi connectivity index (χ3n) is 4.83. The molecular weight excluding hydrogens is 336 g/mol. The second-order valence-electron chi connectivity index (χ2n) is 6.34. The van der Waals surface area contributed by atoms with Crippen molar-refractivity contribution in [3.8, 4) is 0 Å². The Balaban J connectivity index is 1.83. The lowest BCUT2D eigenvalue weighted by Gasteiger charge is -2.35. The fourth-order valence-electron chi connectivity index (χ4n) is 3.61. The third-order valence-corrected chi connectivity index (χ3v) is 7.16. The molecule has 0 radical (unpaired) electrons. The lowest BCUT2D eigenvalue weighted by molar-refractivity contribution is 0.0881. The van der Waals surface area contributed by atoms with Crippen LogP contribution in [0.3, 0.4) is 0 Å². The zero-order valence-corrected chi connectivity index (χ0v) is 14.9. The Bertz CT molecular complexity index is 652. The molecule has 3 fully saturated rings. The number of benzene rings is 1. The maximum Gasteiger partial charge on any atom is 0.244 e. The Kier molecular flexibility index (Phi) is 5.28. The van der Waals surface area contributed by atoms with Crippen molar-refractivity contribution >= 4 is 21.6 Å². The molecule has 3 aliphatic heterocycles. The second kappa shape index (κ2) is 7.07. The van der Waals surface area contributed by atoms with E-state index in [0.29, 0.717) is 30.6 Å². The molecule has 3 aliphatic rings. The minimum absolute atomic E-state index is 0.214. The van der Waals surface area contributed by atoms with Gasteiger partial charge in [-0.3, -0.25) is 4.90 Å². The van der Waals surface area contributed by atoms with Crippen molar-refractivity contribution in [2.24, 2.45) is 5.92 Å². The number of halogens is 1. The minimum Gasteiger partial charge on any atom is -0.383 e. The standard InChI is InChI=1S/C16H23ClN2O3S/c1-22-9-8-18-10-13-6-7-14(18)12-19(11-13)23(20,21)16-5-3-2-4-15(16)17/h2-5,13-14H,6-12H2,1H3/t13-,14-/m0/s1. The van der Waals surface area contributed by atoms with E-state index in [1.165, 1.54) is 0 Å². The van der Waals surface area contributed by atoms with Crippen molar-refractivity contribution < 1.29 is 13.2 Å². The quantitative estimate of drug-likeness (QED) is 0.808. The Morgan fingerprint density at radius 3 is 2.74 bits per heavy atom. The molecule has 5 nitrogen and oxygen atoms in total. The van der Waals surface area contributed by atoms with Gasteiger partial charge in [0.05, 0.1) is 11.6 Å². The molecule has 7 heteroatoms. The molecule has 23 heavy (non-hydrogen) atoms. The predicted octanol–water partition coefficient (Wildman–Crippen LogP) is 2.07. The number of methoxy groups -OCH3 is 1. The van der Waals surface area contributed by atoms with Crippen LogP contribution in [0.25, 0.3) is 0 Å². The molecule has 0 N–H and O–H groups in total. The first kappa shape index (κ1) is 17.2. The summed E-state index contributed by atoms with van der Waals surface area (Å²) in [5.41, 5.74) is 0. The molecule has 0 amide bonds. The van der Waals surface area contributed by atoms with Crippen LogP contribution < -0.4 is 0 Å². The van der Waals surface area contributed by atoms with E-state index >= 15 is 0 Å². The molecule has 2 atom stereocenters. The zero-order valence-electron chi connectivity index (χ0n) is 13.3. The number of hydrogen-bond donors (Lipinski definition) is 0. The molecule has 0 unspecified atom stereocenters. The average molecular weight is 359 g/mol. The number of nitrogens with zero attached hydrogens (tertiary/aromatic N) is 2. The Morgan fingerprint density at radius 1 is 1.22 bits per heavy atom. The Hall–Kier alpha value is -0.660. The van der Waals surface area contributed by atoms with Gasteiger partial charge in [0.2, 0.25) is 10.0 Å². The van der Waals surface area contributed by atoms with E-state index in [0.717, 1.165) is 25.9 Å². The van der Waals surface area contributed by atoms with Gasteiger partial charge in [0.1, 0.15) is 4.90 Å². The van der Waals surface area contributed by atoms with Gasteiger partial charge in [0.15, 0.2) is 0 Å². The smallest absolute Gasteiger partial charge is 0.244 e. The molecule has 0 spiro atoms. The number of fused-ring (bicyclic) bond motifs is 4. The molecule has 3 saturated heterocycles. The monoisotopic (exact) mass is 358 g/mol. The van der Waals surface area contributed by atoms with Gasteiger partial charge in [-0.1, -0.05) is 23.7 Å². The lowest BCUT2D eigenvalue weighted by atomic mass is 9.95. The highest BCUT2D eigenvalue weighted by Crippen LogP contribution is 2.32. The van der Waals surface area contributed by atoms with Crippen molar-refractivity contribution in [3.63, 3.8) is 0 Å². The van der Waals surface area contributed by atoms with Gasteiger partial charge in [-0.2, -0.15) is 4.31 Å². The average Bonchev–Trinajstić information content (AvgIpc) is 2.85. The fourth-order valence-corrected chi connectivity index (χ4v) is 5.65. The van der Waals surface area contributed by atoms with Crippen LogP contribution in [0.5, 0.6) is 0 Å². The summed E-state index contributed by atoms with van der Waals surface area (Å²) in [5, 5.41) is 0.292. The van der Waals surface area contributed by atoms with Crippen molar-refractivity contribution in [1.29, 1.82) is 0 Å². The first-order valence-corrected chi connectivity index (χ1v) is 9.82. The van der Waals surface area contributed by atoms with E-state index in [1.54, 1.807) is 35.7 Å². The summed E-state index contributed by atoms with van der Waals surface area (Å²) >= 11 is 6.12. The van der Waals surface area contributed by atoms with Crippen LogP contribution in [0.4, 0.5) is 0 Å². The van der Waals surface area contributed by atoms with E-state index in [-0.39, 0.29) is 10.9 Å². The lowest BCUT2D eigenvalue weighted by Crippen LogP contribution is -2.45. The van der Waals surface area contributed by atoms with E-state index < -0.39 is 10.0 Å². The Labute approximate surface area is 143 Å². The molecule has 4 rings (SSSR count). The van der Waals surface area contributed by atoms with Gasteiger partial charge in [-0.25, -0.2) is 8.42 Å². The second-order valence-corrected chi connectivity index (χ2v) is 8.65. The molecule has 0 saturated carbocycles. The van der Waals surface area contributed by atoms with Gasteiger partial charge in [0, 0.05) is 39.3 Å². The van der Waals surface area contributed by atoms with Crippen molar-refractivity contribution in [3.05, 3.63) is 29.3 Å². The van der Waals surface area contributed by atoms with E-state index in [1.807, 2.05) is 0 Å². The molecular formula is C16H23ClN2O3S. The van der Waals surface area contributed by atoms with E-state index in [4.69, 9.17) is 16.3 Å². The SMILES string of the molecule is COCCN1C[C@@H]2CC[C@H]1CN(S(=O)(=O)c1ccccc1Cl)C2. The highest BCUT2D eigenvalue weighted by molar-refractivity contribution is 7.89. The summed E-state index contributed by atoms with van der Waals surface area (Å²) in [4.78, 5) is 2.59. The van der Waals surface area contributed by atoms with Crippen LogP contribution in [0.2, 0.25) is 5.02 Å². The van der Waals surface area contributed by atoms with E-state index in [9.17, 15) is 8.42 Å². The first-order chi connectivity index (χ1) is 11.0. The maximum atomic E-state index is 13.0. The molecule has 1 aromatic carbocycles. The van der Waals surface area contributed by atoms with Crippen LogP contribution in [-0.4, -0.2) is 63.6 Å². The summed E-state index contributed by atoms with van der Waals surface area (Å²) < 4.78 is 32.8. The highest BCUT2D eigenvalue weighted by atomic mass is 35.5. The number of ether oxygens (including phenoxy) is 1. The van der Waals surface area contributed by atoms with Crippen LogP contribution in [0, 0.1) is 5.92 Å². The molecule has 1 aromatic rings. The maximum absolute atomic E-state index is 13.0. The normalized spacial score (nSPS) is 26.3. The van der Waals surface area contributed by atoms with Gasteiger partial charge >= 0.3 is 0 Å². The summed E-state index contributed by atoms with van der Waals surface area (Å²) in [6.07, 6.45) is 2.13. The van der Waals surface area contributed by atoms with Gasteiger partial charge < -0.3 is 4.74 Å². The summed E-state index contributed by atoms with van der Waals surface area (Å²) in [6.45, 7) is 3.60. The van der Waals surface area contributed by atoms with Gasteiger partial charge in [0.25, 0.3) is 0 Å². The van der Waals surface area contributed by atoms with Crippen molar-refractivity contribution in [1.82, 2.24) is 9.21 Å². The van der Waals surface area contributed by atoms with Gasteiger partial charge in [-0.15, -0.1) is 0 Å². The largest absolute Gasteiger partial charge is 0.383 e. The summed E-state index contributed by atoms with van der Waals surface area (Å²) in [6, 6.07) is 6.95. The third kappa shape index (κ3) is 3.56. The van der Waals surface area contributed by atoms with Crippen LogP contribution in [-0.2, 0) is 14.8 Å². The zero-order chi connectivity index (χ0) is 16.4. The number of piperidine rings is 1. The Morgan fingerprint density at radius 2 is 2.00 bits per heavy atom. The number of hydrogen-bond acceptors (Lipinski definition) is 4. The van der Waals surface area contributed by atoms with Crippen molar-refractivity contribution in [2.45, 2.75) is 23.8 Å². The summed E-state index contributed by atoms with van der Waals surface area (Å²) in [5.74, 6) is 0.378. The molecule has 0 aromatic heterocycles. The molecule has 0 aliphatic carbocycles. The van der Waals surface area contributed by atoms with Crippen LogP contribution in [0.1, 0.15) is 12.8 Å². The van der Waals surface area contributed by atoms with E-state index in [2.05, 4.69) is 4.90 Å². The predicted molar refractivity (Wildman–Crippen MR) is 90.2 cm³/mol. The number of rotatable bonds is 5.